The van der Waals surface area contributed by atoms with Gasteiger partial charge in [-0.25, -0.2) is 0 Å². The number of fused-ring (bicyclic) bond motifs is 1. The molecule has 4 rings (SSSR count). The van der Waals surface area contributed by atoms with Gasteiger partial charge in [-0.3, -0.25) is 4.79 Å². The van der Waals surface area contributed by atoms with Crippen molar-refractivity contribution in [2.45, 2.75) is 50.7 Å². The molecule has 2 atom stereocenters. The summed E-state index contributed by atoms with van der Waals surface area (Å²) in [5.41, 5.74) is 1.03. The highest BCUT2D eigenvalue weighted by Crippen LogP contribution is 2.38. The predicted molar refractivity (Wildman–Crippen MR) is 116 cm³/mol. The lowest BCUT2D eigenvalue weighted by Crippen LogP contribution is -2.38. The van der Waals surface area contributed by atoms with E-state index in [2.05, 4.69) is 0 Å². The van der Waals surface area contributed by atoms with Crippen molar-refractivity contribution >= 4 is 5.91 Å². The molecule has 1 amide bonds. The third-order valence-electron chi connectivity index (χ3n) is 6.00. The molecule has 1 N–H and O–H groups in total. The molecule has 8 heteroatoms. The van der Waals surface area contributed by atoms with Crippen molar-refractivity contribution < 1.29 is 33.6 Å². The van der Waals surface area contributed by atoms with Gasteiger partial charge in [-0.05, 0) is 36.6 Å². The molecule has 0 radical (unpaired) electrons. The normalized spacial score (nSPS) is 23.2. The average molecular weight is 448 g/mol. The van der Waals surface area contributed by atoms with Crippen molar-refractivity contribution in [2.24, 2.45) is 0 Å². The Hall–Kier alpha value is -2.29. The fraction of sp³-hybridized carbons (Fsp3) is 0.625. The first kappa shape index (κ1) is 22.9. The van der Waals surface area contributed by atoms with Crippen molar-refractivity contribution in [3.63, 3.8) is 0 Å². The van der Waals surface area contributed by atoms with Crippen LogP contribution in [-0.4, -0.2) is 68.5 Å². The van der Waals surface area contributed by atoms with Gasteiger partial charge in [-0.2, -0.15) is 0 Å². The van der Waals surface area contributed by atoms with E-state index in [1.54, 1.807) is 0 Å². The van der Waals surface area contributed by atoms with Crippen LogP contribution in [0.4, 0.5) is 0 Å². The first-order valence-electron chi connectivity index (χ1n) is 11.6. The van der Waals surface area contributed by atoms with Gasteiger partial charge in [0.25, 0.3) is 5.91 Å². The Morgan fingerprint density at radius 1 is 1.03 bits per heavy atom. The quantitative estimate of drug-likeness (QED) is 0.613. The summed E-state index contributed by atoms with van der Waals surface area (Å²) in [6, 6.07) is 5.87. The number of ether oxygens (including phenoxy) is 5. The number of allylic oxidation sites excluding steroid dienone is 1. The maximum atomic E-state index is 13.3. The van der Waals surface area contributed by atoms with E-state index in [1.807, 2.05) is 29.2 Å². The summed E-state index contributed by atoms with van der Waals surface area (Å²) in [4.78, 5) is 15.2. The minimum Gasteiger partial charge on any atom is -0.459 e. The Kier molecular flexibility index (Phi) is 8.25. The fourth-order valence-corrected chi connectivity index (χ4v) is 4.30. The van der Waals surface area contributed by atoms with Crippen LogP contribution in [0.2, 0.25) is 0 Å². The average Bonchev–Trinajstić information content (AvgIpc) is 3.26. The molecule has 1 fully saturated rings. The van der Waals surface area contributed by atoms with Gasteiger partial charge in [0, 0.05) is 25.4 Å². The second kappa shape index (κ2) is 11.5. The van der Waals surface area contributed by atoms with Crippen molar-refractivity contribution in [3.05, 3.63) is 35.6 Å². The molecule has 3 aliphatic rings. The summed E-state index contributed by atoms with van der Waals surface area (Å²) >= 11 is 0. The van der Waals surface area contributed by atoms with Gasteiger partial charge in [0.2, 0.25) is 13.1 Å². The highest BCUT2D eigenvalue weighted by molar-refractivity contribution is 5.91. The molecular formula is C24H33NO7. The van der Waals surface area contributed by atoms with Crippen LogP contribution in [-0.2, 0) is 19.0 Å². The van der Waals surface area contributed by atoms with Crippen LogP contribution in [0.3, 0.4) is 0 Å². The molecule has 1 aromatic carbocycles. The number of hydrogen-bond acceptors (Lipinski definition) is 7. The van der Waals surface area contributed by atoms with E-state index in [-0.39, 0.29) is 31.8 Å². The van der Waals surface area contributed by atoms with Crippen molar-refractivity contribution in [3.8, 4) is 11.5 Å². The number of carbonyl (C=O) groups excluding carboxylic acids is 1. The van der Waals surface area contributed by atoms with Crippen LogP contribution in [0.15, 0.2) is 30.0 Å². The van der Waals surface area contributed by atoms with Crippen molar-refractivity contribution in [2.75, 3.05) is 46.3 Å². The summed E-state index contributed by atoms with van der Waals surface area (Å²) in [7, 11) is 0. The lowest BCUT2D eigenvalue weighted by Gasteiger charge is -2.32. The molecule has 176 valence electrons. The SMILES string of the molecule is O=C(C1=C[C@@H](c2ccc3c(c2)OCO3)C[C@@H](OCCOCCO)O1)N1CCCCCCC1. The standard InChI is InChI=1S/C24H33NO7/c26-10-11-28-12-13-29-23-16-19(18-6-7-20-21(14-18)31-17-30-20)15-22(32-23)24(27)25-8-4-2-1-3-5-9-25/h6-7,14-15,19,23,26H,1-5,8-13,16-17H2/t19-,23+/m1/s1. The van der Waals surface area contributed by atoms with E-state index >= 15 is 0 Å². The first-order chi connectivity index (χ1) is 15.7. The molecule has 0 aromatic heterocycles. The van der Waals surface area contributed by atoms with Crippen LogP contribution in [0.1, 0.15) is 50.0 Å². The minimum absolute atomic E-state index is 0.0245. The van der Waals surface area contributed by atoms with Crippen LogP contribution in [0, 0.1) is 0 Å². The number of hydrogen-bond donors (Lipinski definition) is 1. The molecule has 8 nitrogen and oxygen atoms in total. The van der Waals surface area contributed by atoms with Gasteiger partial charge in [-0.1, -0.05) is 25.3 Å². The molecule has 0 aliphatic carbocycles. The van der Waals surface area contributed by atoms with Crippen LogP contribution >= 0.6 is 0 Å². The van der Waals surface area contributed by atoms with E-state index in [4.69, 9.17) is 28.8 Å². The molecule has 0 bridgehead atoms. The minimum atomic E-state index is -0.554. The molecular weight excluding hydrogens is 414 g/mol. The maximum absolute atomic E-state index is 13.3. The first-order valence-corrected chi connectivity index (χ1v) is 11.6. The Labute approximate surface area is 189 Å². The third-order valence-corrected chi connectivity index (χ3v) is 6.00. The number of carbonyl (C=O) groups is 1. The Balaban J connectivity index is 1.48. The molecule has 1 aromatic rings. The zero-order valence-electron chi connectivity index (χ0n) is 18.5. The highest BCUT2D eigenvalue weighted by atomic mass is 16.7. The van der Waals surface area contributed by atoms with Crippen molar-refractivity contribution in [1.29, 1.82) is 0 Å². The zero-order valence-corrected chi connectivity index (χ0v) is 18.5. The van der Waals surface area contributed by atoms with Crippen LogP contribution in [0.25, 0.3) is 0 Å². The van der Waals surface area contributed by atoms with Gasteiger partial charge in [0.15, 0.2) is 17.3 Å². The summed E-state index contributed by atoms with van der Waals surface area (Å²) in [5, 5.41) is 8.84. The summed E-state index contributed by atoms with van der Waals surface area (Å²) in [6.45, 7) is 2.67. The van der Waals surface area contributed by atoms with Gasteiger partial charge in [-0.15, -0.1) is 0 Å². The number of amides is 1. The fourth-order valence-electron chi connectivity index (χ4n) is 4.30. The van der Waals surface area contributed by atoms with E-state index in [0.29, 0.717) is 31.1 Å². The molecule has 0 spiro atoms. The second-order valence-corrected chi connectivity index (χ2v) is 8.30. The molecule has 0 unspecified atom stereocenters. The van der Waals surface area contributed by atoms with Gasteiger partial charge < -0.3 is 33.7 Å². The van der Waals surface area contributed by atoms with E-state index in [9.17, 15) is 4.79 Å². The lowest BCUT2D eigenvalue weighted by molar-refractivity contribution is -0.156. The number of rotatable bonds is 8. The molecule has 32 heavy (non-hydrogen) atoms. The molecule has 3 aliphatic heterocycles. The lowest BCUT2D eigenvalue weighted by atomic mass is 9.92. The molecule has 1 saturated heterocycles. The monoisotopic (exact) mass is 447 g/mol. The molecule has 0 saturated carbocycles. The number of nitrogens with zero attached hydrogens (tertiary/aromatic N) is 1. The third kappa shape index (κ3) is 5.94. The van der Waals surface area contributed by atoms with E-state index in [0.717, 1.165) is 50.1 Å². The number of benzene rings is 1. The maximum Gasteiger partial charge on any atom is 0.288 e. The summed E-state index contributed by atoms with van der Waals surface area (Å²) in [5.74, 6) is 1.68. The number of aliphatic hydroxyl groups excluding tert-OH is 1. The number of likely N-dealkylation sites (tertiary alicyclic amines) is 1. The largest absolute Gasteiger partial charge is 0.459 e. The number of aliphatic hydroxyl groups is 1. The Bertz CT molecular complexity index is 789. The Morgan fingerprint density at radius 2 is 1.81 bits per heavy atom. The van der Waals surface area contributed by atoms with Crippen LogP contribution in [0.5, 0.6) is 11.5 Å². The van der Waals surface area contributed by atoms with Gasteiger partial charge in [0.1, 0.15) is 0 Å². The van der Waals surface area contributed by atoms with Crippen LogP contribution < -0.4 is 9.47 Å². The zero-order chi connectivity index (χ0) is 22.2. The van der Waals surface area contributed by atoms with Gasteiger partial charge >= 0.3 is 0 Å². The predicted octanol–water partition coefficient (Wildman–Crippen LogP) is 2.95. The Morgan fingerprint density at radius 3 is 2.62 bits per heavy atom. The van der Waals surface area contributed by atoms with E-state index < -0.39 is 6.29 Å². The van der Waals surface area contributed by atoms with Gasteiger partial charge in [0.05, 0.1) is 26.4 Å². The van der Waals surface area contributed by atoms with E-state index in [1.165, 1.54) is 6.42 Å². The summed E-state index contributed by atoms with van der Waals surface area (Å²) in [6.07, 6.45) is 7.53. The highest BCUT2D eigenvalue weighted by Gasteiger charge is 2.31. The smallest absolute Gasteiger partial charge is 0.288 e. The summed E-state index contributed by atoms with van der Waals surface area (Å²) < 4.78 is 28.1. The topological polar surface area (TPSA) is 86.7 Å². The molecule has 3 heterocycles. The second-order valence-electron chi connectivity index (χ2n) is 8.30. The van der Waals surface area contributed by atoms with Crippen molar-refractivity contribution in [1.82, 2.24) is 4.90 Å².